The Morgan fingerprint density at radius 1 is 1.32 bits per heavy atom. The first-order valence-electron chi connectivity index (χ1n) is 5.90. The summed E-state index contributed by atoms with van der Waals surface area (Å²) < 4.78 is 0. The van der Waals surface area contributed by atoms with Gasteiger partial charge in [-0.05, 0) is 18.6 Å². The quantitative estimate of drug-likeness (QED) is 0.549. The number of ketones is 2. The number of carbonyl (C=O) groups is 2. The van der Waals surface area contributed by atoms with Crippen LogP contribution in [0.5, 0.6) is 5.75 Å². The van der Waals surface area contributed by atoms with Crippen molar-refractivity contribution in [1.29, 1.82) is 0 Å². The molecule has 0 amide bonds. The maximum Gasteiger partial charge on any atom is 0.209 e. The van der Waals surface area contributed by atoms with Crippen LogP contribution in [0.1, 0.15) is 24.5 Å². The molecule has 0 aromatic heterocycles. The van der Waals surface area contributed by atoms with E-state index in [0.717, 1.165) is 6.08 Å². The van der Waals surface area contributed by atoms with Gasteiger partial charge in [-0.15, -0.1) is 0 Å². The molecule has 0 saturated heterocycles. The van der Waals surface area contributed by atoms with Gasteiger partial charge in [0.05, 0.1) is 0 Å². The standard InChI is InChI=1S/C14H14O5/c15-10-6-2-1-5-9(10)12(17)13(18)14(19)8-4-3-7-11(14)16/h1-2,4-6,8,12,15,17,19H,3,7H2. The van der Waals surface area contributed by atoms with Crippen LogP contribution in [-0.2, 0) is 9.59 Å². The van der Waals surface area contributed by atoms with Gasteiger partial charge in [-0.3, -0.25) is 9.59 Å². The highest BCUT2D eigenvalue weighted by Crippen LogP contribution is 2.30. The molecule has 0 spiro atoms. The Bertz CT molecular complexity index is 549. The van der Waals surface area contributed by atoms with Crippen molar-refractivity contribution in [3.63, 3.8) is 0 Å². The van der Waals surface area contributed by atoms with Crippen LogP contribution in [0.25, 0.3) is 0 Å². The Kier molecular flexibility index (Phi) is 3.50. The molecule has 0 saturated carbocycles. The van der Waals surface area contributed by atoms with E-state index in [9.17, 15) is 24.9 Å². The Morgan fingerprint density at radius 3 is 2.63 bits per heavy atom. The minimum atomic E-state index is -2.31. The second-order valence-electron chi connectivity index (χ2n) is 4.46. The summed E-state index contributed by atoms with van der Waals surface area (Å²) in [4.78, 5) is 23.8. The number of aliphatic hydroxyl groups excluding tert-OH is 1. The Hall–Kier alpha value is -1.98. The van der Waals surface area contributed by atoms with E-state index in [1.54, 1.807) is 0 Å². The van der Waals surface area contributed by atoms with Crippen LogP contribution in [0.2, 0.25) is 0 Å². The van der Waals surface area contributed by atoms with Gasteiger partial charge in [0.2, 0.25) is 11.4 Å². The lowest BCUT2D eigenvalue weighted by Gasteiger charge is -2.26. The number of benzene rings is 1. The minimum Gasteiger partial charge on any atom is -0.508 e. The first kappa shape index (κ1) is 13.5. The smallest absolute Gasteiger partial charge is 0.209 e. The summed E-state index contributed by atoms with van der Waals surface area (Å²) in [5.74, 6) is -1.95. The fraction of sp³-hybridized carbons (Fsp3) is 0.286. The lowest BCUT2D eigenvalue weighted by Crippen LogP contribution is -2.48. The zero-order chi connectivity index (χ0) is 14.0. The number of phenolic OH excluding ortho intramolecular Hbond substituents is 1. The summed E-state index contributed by atoms with van der Waals surface area (Å²) in [5, 5.41) is 29.6. The molecule has 2 unspecified atom stereocenters. The van der Waals surface area contributed by atoms with Gasteiger partial charge in [0.15, 0.2) is 5.78 Å². The molecule has 2 atom stereocenters. The fourth-order valence-corrected chi connectivity index (χ4v) is 2.04. The van der Waals surface area contributed by atoms with Crippen molar-refractivity contribution in [2.45, 2.75) is 24.5 Å². The van der Waals surface area contributed by atoms with Gasteiger partial charge < -0.3 is 15.3 Å². The molecular formula is C14H14O5. The predicted octanol–water partition coefficient (Wildman–Crippen LogP) is 0.645. The molecule has 5 heteroatoms. The van der Waals surface area contributed by atoms with E-state index in [0.29, 0.717) is 6.42 Å². The Balaban J connectivity index is 2.34. The second kappa shape index (κ2) is 4.95. The molecule has 0 heterocycles. The predicted molar refractivity (Wildman–Crippen MR) is 66.4 cm³/mol. The largest absolute Gasteiger partial charge is 0.508 e. The topological polar surface area (TPSA) is 94.8 Å². The Labute approximate surface area is 109 Å². The molecular weight excluding hydrogens is 248 g/mol. The van der Waals surface area contributed by atoms with Crippen molar-refractivity contribution in [3.05, 3.63) is 42.0 Å². The highest BCUT2D eigenvalue weighted by atomic mass is 16.3. The van der Waals surface area contributed by atoms with Crippen molar-refractivity contribution in [2.75, 3.05) is 0 Å². The molecule has 1 aliphatic carbocycles. The monoisotopic (exact) mass is 262 g/mol. The van der Waals surface area contributed by atoms with Crippen LogP contribution in [0, 0.1) is 0 Å². The minimum absolute atomic E-state index is 0.0345. The van der Waals surface area contributed by atoms with Crippen molar-refractivity contribution < 1.29 is 24.9 Å². The van der Waals surface area contributed by atoms with Gasteiger partial charge in [-0.1, -0.05) is 24.3 Å². The van der Waals surface area contributed by atoms with Gasteiger partial charge >= 0.3 is 0 Å². The molecule has 0 radical (unpaired) electrons. The fourth-order valence-electron chi connectivity index (χ4n) is 2.04. The molecule has 2 rings (SSSR count). The Morgan fingerprint density at radius 2 is 2.00 bits per heavy atom. The van der Waals surface area contributed by atoms with Crippen LogP contribution in [-0.4, -0.2) is 32.5 Å². The van der Waals surface area contributed by atoms with Gasteiger partial charge in [0.1, 0.15) is 11.9 Å². The number of hydrogen-bond acceptors (Lipinski definition) is 5. The summed E-state index contributed by atoms with van der Waals surface area (Å²) >= 11 is 0. The highest BCUT2D eigenvalue weighted by Gasteiger charge is 2.45. The number of aromatic hydroxyl groups is 1. The third-order valence-electron chi connectivity index (χ3n) is 3.18. The summed E-state index contributed by atoms with van der Waals surface area (Å²) in [6.07, 6.45) is 1.38. The van der Waals surface area contributed by atoms with E-state index in [2.05, 4.69) is 0 Å². The average molecular weight is 262 g/mol. The van der Waals surface area contributed by atoms with E-state index < -0.39 is 23.3 Å². The number of aliphatic hydroxyl groups is 2. The van der Waals surface area contributed by atoms with Gasteiger partial charge in [-0.2, -0.15) is 0 Å². The number of allylic oxidation sites excluding steroid dienone is 1. The van der Waals surface area contributed by atoms with E-state index >= 15 is 0 Å². The number of Topliss-reactive ketones (excluding diaryl/α,β-unsaturated/α-hetero) is 2. The number of para-hydroxylation sites is 1. The van der Waals surface area contributed by atoms with Crippen molar-refractivity contribution in [3.8, 4) is 5.75 Å². The molecule has 0 bridgehead atoms. The third kappa shape index (κ3) is 2.30. The normalized spacial score (nSPS) is 24.2. The van der Waals surface area contributed by atoms with Crippen LogP contribution < -0.4 is 0 Å². The van der Waals surface area contributed by atoms with Gasteiger partial charge in [0.25, 0.3) is 0 Å². The SMILES string of the molecule is O=C1CCC=CC1(O)C(=O)C(O)c1ccccc1O. The molecule has 1 aromatic carbocycles. The summed E-state index contributed by atoms with van der Waals surface area (Å²) in [5.41, 5.74) is -2.34. The lowest BCUT2D eigenvalue weighted by atomic mass is 9.82. The number of phenols is 1. The number of rotatable bonds is 3. The van der Waals surface area contributed by atoms with E-state index in [-0.39, 0.29) is 17.7 Å². The third-order valence-corrected chi connectivity index (χ3v) is 3.18. The van der Waals surface area contributed by atoms with E-state index in [4.69, 9.17) is 0 Å². The first-order valence-corrected chi connectivity index (χ1v) is 5.90. The number of carbonyl (C=O) groups excluding carboxylic acids is 2. The molecule has 1 aliphatic rings. The highest BCUT2D eigenvalue weighted by molar-refractivity contribution is 6.14. The molecule has 0 fully saturated rings. The van der Waals surface area contributed by atoms with Crippen LogP contribution in [0.4, 0.5) is 0 Å². The molecule has 0 aliphatic heterocycles. The zero-order valence-electron chi connectivity index (χ0n) is 10.1. The van der Waals surface area contributed by atoms with Crippen LogP contribution in [0.15, 0.2) is 36.4 Å². The molecule has 5 nitrogen and oxygen atoms in total. The van der Waals surface area contributed by atoms with E-state index in [1.165, 1.54) is 30.3 Å². The van der Waals surface area contributed by atoms with E-state index in [1.807, 2.05) is 0 Å². The maximum absolute atomic E-state index is 12.1. The molecule has 1 aromatic rings. The second-order valence-corrected chi connectivity index (χ2v) is 4.46. The van der Waals surface area contributed by atoms with Crippen molar-refractivity contribution in [1.82, 2.24) is 0 Å². The van der Waals surface area contributed by atoms with Crippen LogP contribution in [0.3, 0.4) is 0 Å². The van der Waals surface area contributed by atoms with Crippen molar-refractivity contribution in [2.24, 2.45) is 0 Å². The molecule has 100 valence electrons. The lowest BCUT2D eigenvalue weighted by molar-refractivity contribution is -0.152. The van der Waals surface area contributed by atoms with Gasteiger partial charge in [-0.25, -0.2) is 0 Å². The molecule has 3 N–H and O–H groups in total. The molecule has 19 heavy (non-hydrogen) atoms. The van der Waals surface area contributed by atoms with Crippen LogP contribution >= 0.6 is 0 Å². The first-order chi connectivity index (χ1) is 8.97. The zero-order valence-corrected chi connectivity index (χ0v) is 10.1. The number of hydrogen-bond donors (Lipinski definition) is 3. The van der Waals surface area contributed by atoms with Gasteiger partial charge in [0, 0.05) is 12.0 Å². The maximum atomic E-state index is 12.1. The summed E-state index contributed by atoms with van der Waals surface area (Å²) in [6.45, 7) is 0. The van der Waals surface area contributed by atoms with Crippen molar-refractivity contribution >= 4 is 11.6 Å². The average Bonchev–Trinajstić information content (AvgIpc) is 2.41. The summed E-state index contributed by atoms with van der Waals surface area (Å²) in [7, 11) is 0. The summed E-state index contributed by atoms with van der Waals surface area (Å²) in [6, 6.07) is 5.75.